The van der Waals surface area contributed by atoms with Crippen LogP contribution in [0.15, 0.2) is 0 Å². The molecule has 2 unspecified atom stereocenters. The van der Waals surface area contributed by atoms with Gasteiger partial charge < -0.3 is 33.8 Å². The summed E-state index contributed by atoms with van der Waals surface area (Å²) in [6, 6.07) is 0. The van der Waals surface area contributed by atoms with Crippen molar-refractivity contribution in [2.75, 3.05) is 39.6 Å². The molecule has 0 aliphatic heterocycles. The molecule has 0 saturated heterocycles. The van der Waals surface area contributed by atoms with Gasteiger partial charge in [-0.1, -0.05) is 357 Å². The first kappa shape index (κ1) is 96.1. The van der Waals surface area contributed by atoms with E-state index in [1.807, 2.05) is 0 Å². The van der Waals surface area contributed by atoms with Crippen molar-refractivity contribution >= 4 is 39.5 Å². The molecule has 0 bridgehead atoms. The molecule has 0 aromatic rings. The minimum atomic E-state index is -4.96. The summed E-state index contributed by atoms with van der Waals surface area (Å²) in [6.07, 6.45) is 57.1. The maximum Gasteiger partial charge on any atom is 0.472 e. The Bertz CT molecular complexity index is 1900. The third-order valence-corrected chi connectivity index (χ3v) is 20.3. The molecule has 0 aromatic heterocycles. The summed E-state index contributed by atoms with van der Waals surface area (Å²) in [5, 5.41) is 10.6. The van der Waals surface area contributed by atoms with Crippen LogP contribution in [0, 0.1) is 17.8 Å². The SMILES string of the molecule is CCCCCCCCCCCCCCCCCCCCCCC(=O)O[C@H](COC(=O)CCCCCCCCCCCCCCCC(C)C)COP(=O)(O)OC[C@@H](O)COP(=O)(O)OC[C@@H](COC(=O)CCCCCCCCCCC(C)C)OC(=O)CCCCCCCCCCC(C)C. The number of aliphatic hydroxyl groups is 1. The summed E-state index contributed by atoms with van der Waals surface area (Å²) in [4.78, 5) is 72.9. The normalized spacial score (nSPS) is 14.0. The van der Waals surface area contributed by atoms with Crippen molar-refractivity contribution in [1.29, 1.82) is 0 Å². The molecule has 0 fully saturated rings. The van der Waals surface area contributed by atoms with E-state index in [0.29, 0.717) is 25.7 Å². The molecular formula is C79H154O17P2. The molecule has 0 radical (unpaired) electrons. The minimum Gasteiger partial charge on any atom is -0.462 e. The van der Waals surface area contributed by atoms with Crippen LogP contribution < -0.4 is 0 Å². The Morgan fingerprint density at radius 1 is 0.276 bits per heavy atom. The molecule has 5 atom stereocenters. The molecule has 0 aromatic carbocycles. The molecule has 0 spiro atoms. The Morgan fingerprint density at radius 3 is 0.694 bits per heavy atom. The van der Waals surface area contributed by atoms with Gasteiger partial charge in [0.25, 0.3) is 0 Å². The number of rotatable bonds is 77. The third-order valence-electron chi connectivity index (χ3n) is 18.4. The lowest BCUT2D eigenvalue weighted by Crippen LogP contribution is -2.30. The number of esters is 4. The maximum absolute atomic E-state index is 13.1. The first-order chi connectivity index (χ1) is 47.2. The van der Waals surface area contributed by atoms with Crippen LogP contribution >= 0.6 is 15.6 Å². The summed E-state index contributed by atoms with van der Waals surface area (Å²) in [7, 11) is -9.92. The molecule has 0 aliphatic rings. The zero-order valence-electron chi connectivity index (χ0n) is 64.3. The molecule has 0 saturated carbocycles. The minimum absolute atomic E-state index is 0.104. The number of phosphoric acid groups is 2. The van der Waals surface area contributed by atoms with Gasteiger partial charge in [0.1, 0.15) is 19.3 Å². The van der Waals surface area contributed by atoms with Gasteiger partial charge in [0.2, 0.25) is 0 Å². The number of phosphoric ester groups is 2. The topological polar surface area (TPSA) is 237 Å². The number of hydrogen-bond acceptors (Lipinski definition) is 15. The van der Waals surface area contributed by atoms with E-state index in [9.17, 15) is 43.2 Å². The van der Waals surface area contributed by atoms with E-state index in [2.05, 4.69) is 48.5 Å². The Morgan fingerprint density at radius 2 is 0.469 bits per heavy atom. The van der Waals surface area contributed by atoms with E-state index < -0.39 is 97.5 Å². The predicted octanol–water partition coefficient (Wildman–Crippen LogP) is 23.4. The highest BCUT2D eigenvalue weighted by Gasteiger charge is 2.30. The van der Waals surface area contributed by atoms with Gasteiger partial charge in [-0.15, -0.1) is 0 Å². The zero-order chi connectivity index (χ0) is 72.3. The summed E-state index contributed by atoms with van der Waals surface area (Å²) >= 11 is 0. The van der Waals surface area contributed by atoms with E-state index in [1.54, 1.807) is 0 Å². The fraction of sp³-hybridized carbons (Fsp3) is 0.949. The van der Waals surface area contributed by atoms with Crippen molar-refractivity contribution < 1.29 is 80.2 Å². The van der Waals surface area contributed by atoms with Gasteiger partial charge in [-0.2, -0.15) is 0 Å². The van der Waals surface area contributed by atoms with Crippen molar-refractivity contribution in [1.82, 2.24) is 0 Å². The summed E-state index contributed by atoms with van der Waals surface area (Å²) in [6.45, 7) is 11.9. The van der Waals surface area contributed by atoms with Crippen LogP contribution in [0.3, 0.4) is 0 Å². The van der Waals surface area contributed by atoms with E-state index in [-0.39, 0.29) is 25.7 Å². The van der Waals surface area contributed by atoms with Gasteiger partial charge in [0.05, 0.1) is 26.4 Å². The van der Waals surface area contributed by atoms with E-state index >= 15 is 0 Å². The smallest absolute Gasteiger partial charge is 0.462 e. The molecule has 0 rings (SSSR count). The Labute approximate surface area is 600 Å². The number of carbonyl (C=O) groups is 4. The van der Waals surface area contributed by atoms with Crippen molar-refractivity contribution in [3.63, 3.8) is 0 Å². The second-order valence-corrected chi connectivity index (χ2v) is 32.8. The summed E-state index contributed by atoms with van der Waals surface area (Å²) in [5.41, 5.74) is 0. The first-order valence-electron chi connectivity index (χ1n) is 40.8. The highest BCUT2D eigenvalue weighted by molar-refractivity contribution is 7.47. The molecule has 0 amide bonds. The average Bonchev–Trinajstić information content (AvgIpc) is 1.03. The number of carbonyl (C=O) groups excluding carboxylic acids is 4. The molecular weight excluding hydrogens is 1280 g/mol. The highest BCUT2D eigenvalue weighted by Crippen LogP contribution is 2.45. The lowest BCUT2D eigenvalue weighted by atomic mass is 10.0. The molecule has 17 nitrogen and oxygen atoms in total. The van der Waals surface area contributed by atoms with Gasteiger partial charge in [-0.25, -0.2) is 9.13 Å². The van der Waals surface area contributed by atoms with E-state index in [1.165, 1.54) is 218 Å². The van der Waals surface area contributed by atoms with Crippen LogP contribution in [-0.4, -0.2) is 96.7 Å². The van der Waals surface area contributed by atoms with Crippen LogP contribution in [0.25, 0.3) is 0 Å². The van der Waals surface area contributed by atoms with Gasteiger partial charge in [0, 0.05) is 25.7 Å². The number of ether oxygens (including phenoxy) is 4. The predicted molar refractivity (Wildman–Crippen MR) is 400 cm³/mol. The lowest BCUT2D eigenvalue weighted by molar-refractivity contribution is -0.161. The van der Waals surface area contributed by atoms with Gasteiger partial charge in [-0.05, 0) is 43.4 Å². The largest absolute Gasteiger partial charge is 0.472 e. The maximum atomic E-state index is 13.1. The Kier molecular flexibility index (Phi) is 68.1. The van der Waals surface area contributed by atoms with Crippen molar-refractivity contribution in [2.24, 2.45) is 17.8 Å². The average molecular weight is 1440 g/mol. The molecule has 3 N–H and O–H groups in total. The number of aliphatic hydroxyl groups excluding tert-OH is 1. The van der Waals surface area contributed by atoms with Gasteiger partial charge in [0.15, 0.2) is 12.2 Å². The molecule has 582 valence electrons. The van der Waals surface area contributed by atoms with Crippen molar-refractivity contribution in [3.05, 3.63) is 0 Å². The zero-order valence-corrected chi connectivity index (χ0v) is 66.0. The van der Waals surface area contributed by atoms with Crippen LogP contribution in [0.5, 0.6) is 0 Å². The third kappa shape index (κ3) is 72.4. The standard InChI is InChI=1S/C79H154O17P2/c1-8-9-10-11-12-13-14-15-16-17-18-19-20-21-24-28-31-41-48-55-62-78(83)95-74(66-89-76(81)60-53-46-39-30-27-25-22-23-26-29-36-43-50-57-70(2)3)68-93-97(85,86)91-64-73(80)65-92-98(87,88)94-69-75(96-79(84)63-56-49-42-35-33-38-45-52-59-72(6)7)67-90-77(82)61-54-47-40-34-32-37-44-51-58-71(4)5/h70-75,80H,8-69H2,1-7H3,(H,85,86)(H,87,88)/t73-,74-,75-/m1/s1. The van der Waals surface area contributed by atoms with Crippen LogP contribution in [-0.2, 0) is 65.4 Å². The van der Waals surface area contributed by atoms with Gasteiger partial charge in [-0.3, -0.25) is 37.3 Å². The van der Waals surface area contributed by atoms with Crippen LogP contribution in [0.1, 0.15) is 408 Å². The molecule has 19 heteroatoms. The molecule has 0 aliphatic carbocycles. The monoisotopic (exact) mass is 1440 g/mol. The quantitative estimate of drug-likeness (QED) is 0.0222. The van der Waals surface area contributed by atoms with Crippen LogP contribution in [0.2, 0.25) is 0 Å². The second-order valence-electron chi connectivity index (χ2n) is 29.9. The van der Waals surface area contributed by atoms with Crippen LogP contribution in [0.4, 0.5) is 0 Å². The lowest BCUT2D eigenvalue weighted by Gasteiger charge is -2.21. The number of unbranched alkanes of at least 4 members (excludes halogenated alkanes) is 45. The second kappa shape index (κ2) is 69.4. The van der Waals surface area contributed by atoms with Crippen molar-refractivity contribution in [3.8, 4) is 0 Å². The molecule has 0 heterocycles. The molecule has 98 heavy (non-hydrogen) atoms. The fourth-order valence-corrected chi connectivity index (χ4v) is 13.7. The van der Waals surface area contributed by atoms with E-state index in [0.717, 1.165) is 108 Å². The van der Waals surface area contributed by atoms with Crippen molar-refractivity contribution in [2.45, 2.75) is 426 Å². The number of hydrogen-bond donors (Lipinski definition) is 3. The van der Waals surface area contributed by atoms with Gasteiger partial charge >= 0.3 is 39.5 Å². The highest BCUT2D eigenvalue weighted by atomic mass is 31.2. The summed E-state index contributed by atoms with van der Waals surface area (Å²) < 4.78 is 68.6. The Balaban J connectivity index is 5.23. The summed E-state index contributed by atoms with van der Waals surface area (Å²) in [5.74, 6) is 0.119. The fourth-order valence-electron chi connectivity index (χ4n) is 12.1. The first-order valence-corrected chi connectivity index (χ1v) is 43.8. The Hall–Kier alpha value is -1.94. The van der Waals surface area contributed by atoms with E-state index in [4.69, 9.17) is 37.0 Å².